The van der Waals surface area contributed by atoms with Gasteiger partial charge >= 0.3 is 0 Å². The van der Waals surface area contributed by atoms with Crippen LogP contribution < -0.4 is 0 Å². The average molecular weight is 287 g/mol. The van der Waals surface area contributed by atoms with E-state index in [1.165, 1.54) is 0 Å². The van der Waals surface area contributed by atoms with E-state index < -0.39 is 0 Å². The van der Waals surface area contributed by atoms with Crippen LogP contribution in [0.1, 0.15) is 0 Å². The second-order valence-corrected chi connectivity index (χ2v) is 5.07. The summed E-state index contributed by atoms with van der Waals surface area (Å²) in [6, 6.07) is 17.3. The van der Waals surface area contributed by atoms with Crippen LogP contribution in [0.2, 0.25) is 0 Å². The second kappa shape index (κ2) is 5.00. The first kappa shape index (κ1) is 12.6. The van der Waals surface area contributed by atoms with Crippen LogP contribution in [0.25, 0.3) is 27.8 Å². The van der Waals surface area contributed by atoms with Gasteiger partial charge in [0.05, 0.1) is 16.7 Å². The summed E-state index contributed by atoms with van der Waals surface area (Å²) in [4.78, 5) is 8.53. The van der Waals surface area contributed by atoms with Gasteiger partial charge in [-0.2, -0.15) is 0 Å². The van der Waals surface area contributed by atoms with Crippen LogP contribution in [-0.4, -0.2) is 19.6 Å². The molecule has 0 aliphatic carbocycles. The number of benzene rings is 2. The molecule has 0 unspecified atom stereocenters. The molecular formula is C18H13N3O. The fourth-order valence-electron chi connectivity index (χ4n) is 2.56. The van der Waals surface area contributed by atoms with Crippen molar-refractivity contribution >= 4 is 11.0 Å². The third-order valence-electron chi connectivity index (χ3n) is 3.69. The van der Waals surface area contributed by atoms with Crippen molar-refractivity contribution in [3.05, 3.63) is 73.3 Å². The molecular weight excluding hydrogens is 274 g/mol. The lowest BCUT2D eigenvalue weighted by Gasteiger charge is -2.05. The molecule has 0 saturated carbocycles. The van der Waals surface area contributed by atoms with Gasteiger partial charge in [0.2, 0.25) is 0 Å². The zero-order valence-corrected chi connectivity index (χ0v) is 11.7. The lowest BCUT2D eigenvalue weighted by molar-refractivity contribution is 0.475. The third kappa shape index (κ3) is 2.11. The summed E-state index contributed by atoms with van der Waals surface area (Å²) in [5, 5.41) is 9.38. The van der Waals surface area contributed by atoms with E-state index in [0.717, 1.165) is 27.8 Å². The maximum Gasteiger partial charge on any atom is 0.115 e. The molecule has 0 fully saturated rings. The molecule has 0 spiro atoms. The number of hydrogen-bond acceptors (Lipinski definition) is 3. The van der Waals surface area contributed by atoms with Gasteiger partial charge in [-0.1, -0.05) is 18.2 Å². The van der Waals surface area contributed by atoms with Crippen molar-refractivity contribution in [1.29, 1.82) is 0 Å². The van der Waals surface area contributed by atoms with Crippen molar-refractivity contribution in [1.82, 2.24) is 14.5 Å². The predicted octanol–water partition coefficient (Wildman–Crippen LogP) is 3.79. The number of aromatic hydroxyl groups is 1. The number of fused-ring (bicyclic) bond motifs is 1. The lowest BCUT2D eigenvalue weighted by Crippen LogP contribution is -1.91. The van der Waals surface area contributed by atoms with Gasteiger partial charge in [0.15, 0.2) is 0 Å². The molecule has 2 heterocycles. The van der Waals surface area contributed by atoms with Gasteiger partial charge in [0.1, 0.15) is 12.1 Å². The van der Waals surface area contributed by atoms with E-state index in [9.17, 15) is 5.11 Å². The molecule has 0 aliphatic heterocycles. The summed E-state index contributed by atoms with van der Waals surface area (Å²) in [6.45, 7) is 0. The summed E-state index contributed by atoms with van der Waals surface area (Å²) in [6.07, 6.45) is 5.36. The topological polar surface area (TPSA) is 50.9 Å². The highest BCUT2D eigenvalue weighted by molar-refractivity contribution is 5.83. The van der Waals surface area contributed by atoms with Crippen molar-refractivity contribution in [2.24, 2.45) is 0 Å². The molecule has 4 nitrogen and oxygen atoms in total. The Hall–Kier alpha value is -3.14. The summed E-state index contributed by atoms with van der Waals surface area (Å²) in [5.41, 5.74) is 5.15. The summed E-state index contributed by atoms with van der Waals surface area (Å²) >= 11 is 0. The highest BCUT2D eigenvalue weighted by Gasteiger charge is 2.06. The Morgan fingerprint density at radius 2 is 1.55 bits per heavy atom. The standard InChI is InChI=1S/C18H13N3O/c22-16-4-1-13(2-5-16)14-3-6-18-17(11-14)20-12-21(18)15-7-9-19-10-8-15/h1-12,22H. The first-order valence-electron chi connectivity index (χ1n) is 6.98. The van der Waals surface area contributed by atoms with Gasteiger partial charge in [-0.15, -0.1) is 0 Å². The Morgan fingerprint density at radius 3 is 2.32 bits per heavy atom. The van der Waals surface area contributed by atoms with Crippen LogP contribution in [0.15, 0.2) is 73.3 Å². The van der Waals surface area contributed by atoms with Gasteiger partial charge in [0, 0.05) is 12.4 Å². The minimum atomic E-state index is 0.270. The number of nitrogens with zero attached hydrogens (tertiary/aromatic N) is 3. The molecule has 0 saturated heterocycles. The minimum Gasteiger partial charge on any atom is -0.508 e. The van der Waals surface area contributed by atoms with Crippen molar-refractivity contribution in [3.63, 3.8) is 0 Å². The fourth-order valence-corrected chi connectivity index (χ4v) is 2.56. The Morgan fingerprint density at radius 1 is 0.818 bits per heavy atom. The first-order valence-corrected chi connectivity index (χ1v) is 6.98. The van der Waals surface area contributed by atoms with Gasteiger partial charge in [-0.05, 0) is 47.5 Å². The van der Waals surface area contributed by atoms with E-state index in [1.54, 1.807) is 24.5 Å². The Bertz CT molecular complexity index is 928. The van der Waals surface area contributed by atoms with Crippen LogP contribution in [0.3, 0.4) is 0 Å². The molecule has 2 aromatic carbocycles. The van der Waals surface area contributed by atoms with E-state index in [0.29, 0.717) is 0 Å². The maximum atomic E-state index is 9.38. The Labute approximate surface area is 127 Å². The Kier molecular flexibility index (Phi) is 2.86. The zero-order valence-electron chi connectivity index (χ0n) is 11.7. The molecule has 22 heavy (non-hydrogen) atoms. The molecule has 106 valence electrons. The molecule has 0 radical (unpaired) electrons. The SMILES string of the molecule is Oc1ccc(-c2ccc3c(c2)ncn3-c2ccncc2)cc1. The molecule has 1 N–H and O–H groups in total. The summed E-state index contributed by atoms with van der Waals surface area (Å²) in [7, 11) is 0. The Balaban J connectivity index is 1.82. The van der Waals surface area contributed by atoms with Crippen LogP contribution >= 0.6 is 0 Å². The van der Waals surface area contributed by atoms with Gasteiger partial charge in [-0.25, -0.2) is 4.98 Å². The van der Waals surface area contributed by atoms with Crippen molar-refractivity contribution in [2.45, 2.75) is 0 Å². The number of pyridine rings is 1. The highest BCUT2D eigenvalue weighted by atomic mass is 16.3. The highest BCUT2D eigenvalue weighted by Crippen LogP contribution is 2.26. The average Bonchev–Trinajstić information content (AvgIpc) is 2.99. The van der Waals surface area contributed by atoms with Crippen LogP contribution in [-0.2, 0) is 0 Å². The van der Waals surface area contributed by atoms with Gasteiger partial charge < -0.3 is 5.11 Å². The molecule has 4 rings (SSSR count). The maximum absolute atomic E-state index is 9.38. The number of rotatable bonds is 2. The lowest BCUT2D eigenvalue weighted by atomic mass is 10.1. The number of aromatic nitrogens is 3. The molecule has 4 heteroatoms. The van der Waals surface area contributed by atoms with E-state index in [1.807, 2.05) is 35.2 Å². The number of phenolic OH excluding ortho intramolecular Hbond substituents is 1. The van der Waals surface area contributed by atoms with Crippen molar-refractivity contribution < 1.29 is 5.11 Å². The number of imidazole rings is 1. The first-order chi connectivity index (χ1) is 10.8. The molecule has 0 bridgehead atoms. The molecule has 0 aliphatic rings. The van der Waals surface area contributed by atoms with Gasteiger partial charge in [-0.3, -0.25) is 9.55 Å². The quantitative estimate of drug-likeness (QED) is 0.610. The summed E-state index contributed by atoms with van der Waals surface area (Å²) < 4.78 is 2.04. The predicted molar refractivity (Wildman–Crippen MR) is 86.0 cm³/mol. The smallest absolute Gasteiger partial charge is 0.115 e. The second-order valence-electron chi connectivity index (χ2n) is 5.07. The molecule has 2 aromatic heterocycles. The third-order valence-corrected chi connectivity index (χ3v) is 3.69. The van der Waals surface area contributed by atoms with Crippen LogP contribution in [0.4, 0.5) is 0 Å². The van der Waals surface area contributed by atoms with E-state index in [4.69, 9.17) is 0 Å². The van der Waals surface area contributed by atoms with Crippen molar-refractivity contribution in [3.8, 4) is 22.6 Å². The largest absolute Gasteiger partial charge is 0.508 e. The fraction of sp³-hybridized carbons (Fsp3) is 0. The van der Waals surface area contributed by atoms with E-state index in [-0.39, 0.29) is 5.75 Å². The van der Waals surface area contributed by atoms with Gasteiger partial charge in [0.25, 0.3) is 0 Å². The molecule has 0 atom stereocenters. The van der Waals surface area contributed by atoms with E-state index in [2.05, 4.69) is 28.2 Å². The monoisotopic (exact) mass is 287 g/mol. The molecule has 4 aromatic rings. The number of phenols is 1. The number of hydrogen-bond donors (Lipinski definition) is 1. The molecule has 0 amide bonds. The summed E-state index contributed by atoms with van der Waals surface area (Å²) in [5.74, 6) is 0.270. The normalized spacial score (nSPS) is 10.9. The van der Waals surface area contributed by atoms with Crippen molar-refractivity contribution in [2.75, 3.05) is 0 Å². The van der Waals surface area contributed by atoms with Crippen LogP contribution in [0, 0.1) is 0 Å². The zero-order chi connectivity index (χ0) is 14.9. The van der Waals surface area contributed by atoms with E-state index >= 15 is 0 Å². The minimum absolute atomic E-state index is 0.270. The van der Waals surface area contributed by atoms with Crippen LogP contribution in [0.5, 0.6) is 5.75 Å².